The number of alkyl halides is 3. The molecule has 0 aliphatic carbocycles. The Morgan fingerprint density at radius 1 is 1.13 bits per heavy atom. The van der Waals surface area contributed by atoms with E-state index in [4.69, 9.17) is 9.47 Å². The highest BCUT2D eigenvalue weighted by molar-refractivity contribution is 5.95. The first kappa shape index (κ1) is 20.6. The van der Waals surface area contributed by atoms with E-state index in [0.29, 0.717) is 22.9 Å². The van der Waals surface area contributed by atoms with Gasteiger partial charge >= 0.3 is 6.18 Å². The standard InChI is InChI=1S/C22H18F3N3O3/c1-30-18-9-4-14(13-27-18)20(29)28-21(10-12-31-17-3-2-11-26-19(17)21)15-5-7-16(8-6-15)22(23,24)25/h2-9,11,13H,10,12H2,1H3,(H,28,29). The topological polar surface area (TPSA) is 73.3 Å². The Balaban J connectivity index is 1.78. The van der Waals surface area contributed by atoms with Gasteiger partial charge in [0.2, 0.25) is 5.88 Å². The molecule has 1 unspecified atom stereocenters. The van der Waals surface area contributed by atoms with Crippen LogP contribution in [0, 0.1) is 0 Å². The van der Waals surface area contributed by atoms with Crippen LogP contribution in [0.15, 0.2) is 60.9 Å². The van der Waals surface area contributed by atoms with Crippen molar-refractivity contribution >= 4 is 5.91 Å². The van der Waals surface area contributed by atoms with Crippen molar-refractivity contribution in [1.29, 1.82) is 0 Å². The number of aromatic nitrogens is 2. The molecule has 160 valence electrons. The summed E-state index contributed by atoms with van der Waals surface area (Å²) in [6.45, 7) is 0.251. The molecule has 1 aromatic carbocycles. The second-order valence-corrected chi connectivity index (χ2v) is 6.97. The van der Waals surface area contributed by atoms with E-state index in [2.05, 4.69) is 15.3 Å². The fraction of sp³-hybridized carbons (Fsp3) is 0.227. The van der Waals surface area contributed by atoms with Crippen LogP contribution in [0.25, 0.3) is 0 Å². The number of nitrogens with zero attached hydrogens (tertiary/aromatic N) is 2. The Morgan fingerprint density at radius 2 is 1.90 bits per heavy atom. The van der Waals surface area contributed by atoms with E-state index in [1.165, 1.54) is 25.4 Å². The Labute approximate surface area is 176 Å². The molecule has 0 saturated heterocycles. The molecule has 1 aliphatic rings. The molecule has 3 heterocycles. The molecule has 3 aromatic rings. The first-order chi connectivity index (χ1) is 14.8. The average Bonchev–Trinajstić information content (AvgIpc) is 2.79. The third kappa shape index (κ3) is 3.90. The molecule has 0 radical (unpaired) electrons. The van der Waals surface area contributed by atoms with E-state index in [1.807, 2.05) is 0 Å². The van der Waals surface area contributed by atoms with Crippen LogP contribution in [-0.4, -0.2) is 29.6 Å². The van der Waals surface area contributed by atoms with Crippen LogP contribution in [-0.2, 0) is 11.7 Å². The summed E-state index contributed by atoms with van der Waals surface area (Å²) in [5, 5.41) is 2.97. The second kappa shape index (κ2) is 7.90. The summed E-state index contributed by atoms with van der Waals surface area (Å²) in [4.78, 5) is 21.5. The van der Waals surface area contributed by atoms with Gasteiger partial charge in [0, 0.05) is 24.9 Å². The maximum atomic E-state index is 13.1. The molecule has 6 nitrogen and oxygen atoms in total. The van der Waals surface area contributed by atoms with E-state index in [9.17, 15) is 18.0 Å². The number of rotatable bonds is 4. The zero-order valence-corrected chi connectivity index (χ0v) is 16.4. The van der Waals surface area contributed by atoms with Gasteiger partial charge in [0.15, 0.2) is 0 Å². The van der Waals surface area contributed by atoms with Gasteiger partial charge in [-0.2, -0.15) is 13.2 Å². The van der Waals surface area contributed by atoms with Crippen molar-refractivity contribution in [3.63, 3.8) is 0 Å². The maximum Gasteiger partial charge on any atom is 0.416 e. The predicted octanol–water partition coefficient (Wildman–Crippen LogP) is 3.96. The molecular formula is C22H18F3N3O3. The lowest BCUT2D eigenvalue weighted by molar-refractivity contribution is -0.137. The SMILES string of the molecule is COc1ccc(C(=O)NC2(c3ccc(C(F)(F)F)cc3)CCOc3cccnc32)cn1. The molecule has 0 spiro atoms. The number of pyridine rings is 2. The van der Waals surface area contributed by atoms with Gasteiger partial charge < -0.3 is 14.8 Å². The molecule has 31 heavy (non-hydrogen) atoms. The van der Waals surface area contributed by atoms with Crippen molar-refractivity contribution in [2.75, 3.05) is 13.7 Å². The minimum absolute atomic E-state index is 0.251. The number of benzene rings is 1. The molecule has 2 aromatic heterocycles. The number of amides is 1. The van der Waals surface area contributed by atoms with Gasteiger partial charge in [-0.1, -0.05) is 12.1 Å². The monoisotopic (exact) mass is 429 g/mol. The van der Waals surface area contributed by atoms with Crippen molar-refractivity contribution in [2.24, 2.45) is 0 Å². The Bertz CT molecular complexity index is 1090. The van der Waals surface area contributed by atoms with Crippen molar-refractivity contribution in [3.05, 3.63) is 83.3 Å². The highest BCUT2D eigenvalue weighted by Gasteiger charge is 2.43. The number of methoxy groups -OCH3 is 1. The second-order valence-electron chi connectivity index (χ2n) is 6.97. The van der Waals surface area contributed by atoms with Gasteiger partial charge in [0.1, 0.15) is 17.0 Å². The van der Waals surface area contributed by atoms with E-state index in [0.717, 1.165) is 12.1 Å². The molecule has 0 bridgehead atoms. The molecule has 1 aliphatic heterocycles. The average molecular weight is 429 g/mol. The zero-order chi connectivity index (χ0) is 22.1. The van der Waals surface area contributed by atoms with E-state index >= 15 is 0 Å². The Kier molecular flexibility index (Phi) is 5.26. The van der Waals surface area contributed by atoms with Gasteiger partial charge in [-0.25, -0.2) is 4.98 Å². The Hall–Kier alpha value is -3.62. The first-order valence-corrected chi connectivity index (χ1v) is 9.42. The Morgan fingerprint density at radius 3 is 2.55 bits per heavy atom. The van der Waals surface area contributed by atoms with Gasteiger partial charge in [-0.3, -0.25) is 9.78 Å². The fourth-order valence-corrected chi connectivity index (χ4v) is 3.58. The highest BCUT2D eigenvalue weighted by atomic mass is 19.4. The normalized spacial score (nSPS) is 17.9. The largest absolute Gasteiger partial charge is 0.491 e. The number of ether oxygens (including phenoxy) is 2. The van der Waals surface area contributed by atoms with Gasteiger partial charge in [-0.05, 0) is 35.9 Å². The lowest BCUT2D eigenvalue weighted by atomic mass is 9.81. The van der Waals surface area contributed by atoms with Crippen LogP contribution in [0.4, 0.5) is 13.2 Å². The molecule has 0 saturated carbocycles. The number of carbonyl (C=O) groups excluding carboxylic acids is 1. The number of halogens is 3. The van der Waals surface area contributed by atoms with Crippen LogP contribution < -0.4 is 14.8 Å². The molecular weight excluding hydrogens is 411 g/mol. The van der Waals surface area contributed by atoms with Crippen LogP contribution in [0.3, 0.4) is 0 Å². The number of nitrogens with one attached hydrogen (secondary N) is 1. The maximum absolute atomic E-state index is 13.1. The van der Waals surface area contributed by atoms with E-state index < -0.39 is 23.2 Å². The molecule has 0 fully saturated rings. The van der Waals surface area contributed by atoms with Crippen LogP contribution in [0.5, 0.6) is 11.6 Å². The minimum atomic E-state index is -4.46. The third-order valence-electron chi connectivity index (χ3n) is 5.15. The number of carbonyl (C=O) groups is 1. The molecule has 4 rings (SSSR count). The quantitative estimate of drug-likeness (QED) is 0.680. The van der Waals surface area contributed by atoms with Crippen molar-refractivity contribution < 1.29 is 27.4 Å². The van der Waals surface area contributed by atoms with Crippen LogP contribution in [0.2, 0.25) is 0 Å². The minimum Gasteiger partial charge on any atom is -0.491 e. The predicted molar refractivity (Wildman–Crippen MR) is 105 cm³/mol. The van der Waals surface area contributed by atoms with Gasteiger partial charge in [0.25, 0.3) is 5.91 Å². The van der Waals surface area contributed by atoms with Crippen molar-refractivity contribution in [2.45, 2.75) is 18.1 Å². The molecule has 1 N–H and O–H groups in total. The lowest BCUT2D eigenvalue weighted by Crippen LogP contribution is -2.50. The molecule has 9 heteroatoms. The zero-order valence-electron chi connectivity index (χ0n) is 16.4. The van der Waals surface area contributed by atoms with Crippen molar-refractivity contribution in [3.8, 4) is 11.6 Å². The summed E-state index contributed by atoms with van der Waals surface area (Å²) in [7, 11) is 1.46. The highest BCUT2D eigenvalue weighted by Crippen LogP contribution is 2.41. The van der Waals surface area contributed by atoms with E-state index in [-0.39, 0.29) is 18.6 Å². The fourth-order valence-electron chi connectivity index (χ4n) is 3.58. The van der Waals surface area contributed by atoms with Gasteiger partial charge in [-0.15, -0.1) is 0 Å². The number of hydrogen-bond donors (Lipinski definition) is 1. The number of fused-ring (bicyclic) bond motifs is 1. The molecule has 1 atom stereocenters. The first-order valence-electron chi connectivity index (χ1n) is 9.42. The van der Waals surface area contributed by atoms with Crippen LogP contribution >= 0.6 is 0 Å². The smallest absolute Gasteiger partial charge is 0.416 e. The lowest BCUT2D eigenvalue weighted by Gasteiger charge is -2.39. The van der Waals surface area contributed by atoms with Gasteiger partial charge in [0.05, 0.1) is 24.8 Å². The molecule has 1 amide bonds. The summed E-state index contributed by atoms with van der Waals surface area (Å²) in [5.41, 5.74) is -0.772. The third-order valence-corrected chi connectivity index (χ3v) is 5.15. The van der Waals surface area contributed by atoms with E-state index in [1.54, 1.807) is 30.5 Å². The number of hydrogen-bond acceptors (Lipinski definition) is 5. The summed E-state index contributed by atoms with van der Waals surface area (Å²) < 4.78 is 49.9. The summed E-state index contributed by atoms with van der Waals surface area (Å²) >= 11 is 0. The van der Waals surface area contributed by atoms with Crippen molar-refractivity contribution in [1.82, 2.24) is 15.3 Å². The summed E-state index contributed by atoms with van der Waals surface area (Å²) in [6, 6.07) is 11.2. The summed E-state index contributed by atoms with van der Waals surface area (Å²) in [6.07, 6.45) is -1.26. The van der Waals surface area contributed by atoms with Crippen LogP contribution in [0.1, 0.15) is 33.6 Å². The summed E-state index contributed by atoms with van der Waals surface area (Å²) in [5.74, 6) is 0.363.